The van der Waals surface area contributed by atoms with Crippen molar-refractivity contribution in [2.24, 2.45) is 0 Å². The van der Waals surface area contributed by atoms with Gasteiger partial charge in [0.25, 0.3) is 5.91 Å². The van der Waals surface area contributed by atoms with Gasteiger partial charge in [-0.15, -0.1) is 0 Å². The summed E-state index contributed by atoms with van der Waals surface area (Å²) in [6.07, 6.45) is 5.71. The Morgan fingerprint density at radius 3 is 2.76 bits per heavy atom. The molecule has 1 fully saturated rings. The smallest absolute Gasteiger partial charge is 0.257 e. The minimum Gasteiger partial charge on any atom is -0.491 e. The maximum Gasteiger partial charge on any atom is 0.257 e. The summed E-state index contributed by atoms with van der Waals surface area (Å²) < 4.78 is 5.81. The van der Waals surface area contributed by atoms with E-state index in [2.05, 4.69) is 9.97 Å². The predicted octanol–water partition coefficient (Wildman–Crippen LogP) is 2.14. The van der Waals surface area contributed by atoms with E-state index < -0.39 is 5.60 Å². The molecule has 1 N–H and O–H groups in total. The molecule has 6 heteroatoms. The van der Waals surface area contributed by atoms with Crippen LogP contribution in [-0.2, 0) is 0 Å². The van der Waals surface area contributed by atoms with Crippen molar-refractivity contribution in [3.8, 4) is 5.75 Å². The van der Waals surface area contributed by atoms with E-state index in [1.54, 1.807) is 4.90 Å². The fourth-order valence-electron chi connectivity index (χ4n) is 3.02. The largest absolute Gasteiger partial charge is 0.491 e. The first-order valence-corrected chi connectivity index (χ1v) is 8.44. The van der Waals surface area contributed by atoms with Crippen LogP contribution in [0.2, 0.25) is 0 Å². The van der Waals surface area contributed by atoms with Crippen molar-refractivity contribution in [3.05, 3.63) is 53.6 Å². The number of hydrogen-bond acceptors (Lipinski definition) is 5. The first-order chi connectivity index (χ1) is 12.0. The Bertz CT molecular complexity index is 751. The van der Waals surface area contributed by atoms with Crippen molar-refractivity contribution in [1.82, 2.24) is 14.9 Å². The van der Waals surface area contributed by atoms with E-state index in [-0.39, 0.29) is 19.1 Å². The molecule has 0 bridgehead atoms. The minimum absolute atomic E-state index is 0.157. The molecule has 0 radical (unpaired) electrons. The lowest BCUT2D eigenvalue weighted by Gasteiger charge is -2.38. The van der Waals surface area contributed by atoms with Crippen LogP contribution in [0.3, 0.4) is 0 Å². The van der Waals surface area contributed by atoms with E-state index in [1.807, 2.05) is 32.0 Å². The lowest BCUT2D eigenvalue weighted by atomic mass is 9.93. The fourth-order valence-corrected chi connectivity index (χ4v) is 3.02. The summed E-state index contributed by atoms with van der Waals surface area (Å²) in [5.74, 6) is 0.571. The second kappa shape index (κ2) is 7.19. The van der Waals surface area contributed by atoms with E-state index in [9.17, 15) is 9.90 Å². The molecule has 0 spiro atoms. The molecule has 132 valence electrons. The molecule has 0 aliphatic carbocycles. The maximum absolute atomic E-state index is 12.5. The van der Waals surface area contributed by atoms with E-state index in [1.165, 1.54) is 24.3 Å². The summed E-state index contributed by atoms with van der Waals surface area (Å²) in [6, 6.07) is 5.87. The average molecular weight is 341 g/mol. The quantitative estimate of drug-likeness (QED) is 0.922. The van der Waals surface area contributed by atoms with Gasteiger partial charge in [-0.05, 0) is 49.9 Å². The van der Waals surface area contributed by atoms with Crippen molar-refractivity contribution >= 4 is 5.91 Å². The lowest BCUT2D eigenvalue weighted by molar-refractivity contribution is -0.0532. The van der Waals surface area contributed by atoms with Crippen LogP contribution in [0.1, 0.15) is 34.3 Å². The Labute approximate surface area is 147 Å². The van der Waals surface area contributed by atoms with Gasteiger partial charge in [0.05, 0.1) is 12.1 Å². The number of benzene rings is 1. The van der Waals surface area contributed by atoms with E-state index in [0.29, 0.717) is 18.5 Å². The molecule has 1 aliphatic heterocycles. The number of ether oxygens (including phenoxy) is 1. The highest BCUT2D eigenvalue weighted by atomic mass is 16.5. The highest BCUT2D eigenvalue weighted by Gasteiger charge is 2.36. The van der Waals surface area contributed by atoms with Crippen LogP contribution in [-0.4, -0.2) is 51.2 Å². The Kier molecular flexibility index (Phi) is 4.99. The van der Waals surface area contributed by atoms with Crippen molar-refractivity contribution in [3.63, 3.8) is 0 Å². The van der Waals surface area contributed by atoms with Crippen LogP contribution in [0.25, 0.3) is 0 Å². The molecule has 3 rings (SSSR count). The van der Waals surface area contributed by atoms with E-state index in [4.69, 9.17) is 4.74 Å². The Morgan fingerprint density at radius 2 is 2.04 bits per heavy atom. The second-order valence-electron chi connectivity index (χ2n) is 6.72. The van der Waals surface area contributed by atoms with E-state index >= 15 is 0 Å². The van der Waals surface area contributed by atoms with Gasteiger partial charge in [-0.25, -0.2) is 9.97 Å². The molecule has 1 atom stereocenters. The molecule has 1 saturated heterocycles. The third-order valence-electron chi connectivity index (χ3n) is 4.64. The Balaban J connectivity index is 1.64. The molecular weight excluding hydrogens is 318 g/mol. The summed E-state index contributed by atoms with van der Waals surface area (Å²) >= 11 is 0. The first-order valence-electron chi connectivity index (χ1n) is 8.44. The molecule has 1 aliphatic rings. The number of hydrogen-bond donors (Lipinski definition) is 1. The van der Waals surface area contributed by atoms with Crippen molar-refractivity contribution < 1.29 is 14.6 Å². The topological polar surface area (TPSA) is 75.6 Å². The van der Waals surface area contributed by atoms with Crippen LogP contribution in [0.5, 0.6) is 5.75 Å². The molecule has 2 heterocycles. The van der Waals surface area contributed by atoms with Gasteiger partial charge in [-0.1, -0.05) is 6.07 Å². The summed E-state index contributed by atoms with van der Waals surface area (Å²) in [6.45, 7) is 5.08. The van der Waals surface area contributed by atoms with Gasteiger partial charge in [-0.2, -0.15) is 0 Å². The average Bonchev–Trinajstić information content (AvgIpc) is 2.63. The molecule has 1 aromatic carbocycles. The number of amides is 1. The minimum atomic E-state index is -1.05. The summed E-state index contributed by atoms with van der Waals surface area (Å²) in [4.78, 5) is 21.9. The monoisotopic (exact) mass is 341 g/mol. The third kappa shape index (κ3) is 4.14. The third-order valence-corrected chi connectivity index (χ3v) is 4.64. The number of carbonyl (C=O) groups excluding carboxylic acids is 1. The maximum atomic E-state index is 12.5. The predicted molar refractivity (Wildman–Crippen MR) is 93.5 cm³/mol. The number of nitrogens with zero attached hydrogens (tertiary/aromatic N) is 3. The normalized spacial score (nSPS) is 20.4. The molecule has 1 unspecified atom stereocenters. The number of likely N-dealkylation sites (tertiary alicyclic amines) is 1. The van der Waals surface area contributed by atoms with Gasteiger partial charge < -0.3 is 14.7 Å². The molecule has 1 amide bonds. The van der Waals surface area contributed by atoms with E-state index in [0.717, 1.165) is 17.7 Å². The zero-order chi connectivity index (χ0) is 17.9. The lowest BCUT2D eigenvalue weighted by Crippen LogP contribution is -2.53. The molecule has 2 aromatic rings. The van der Waals surface area contributed by atoms with Gasteiger partial charge in [0, 0.05) is 18.9 Å². The summed E-state index contributed by atoms with van der Waals surface area (Å²) in [5, 5.41) is 10.9. The van der Waals surface area contributed by atoms with Gasteiger partial charge in [-0.3, -0.25) is 4.79 Å². The fraction of sp³-hybridized carbons (Fsp3) is 0.421. The molecule has 25 heavy (non-hydrogen) atoms. The van der Waals surface area contributed by atoms with Gasteiger partial charge >= 0.3 is 0 Å². The second-order valence-corrected chi connectivity index (χ2v) is 6.72. The Morgan fingerprint density at radius 1 is 1.28 bits per heavy atom. The zero-order valence-electron chi connectivity index (χ0n) is 14.6. The molecule has 6 nitrogen and oxygen atoms in total. The number of aromatic nitrogens is 2. The number of aliphatic hydroxyl groups is 1. The number of rotatable bonds is 4. The number of carbonyl (C=O) groups is 1. The van der Waals surface area contributed by atoms with Crippen LogP contribution >= 0.6 is 0 Å². The Hall–Kier alpha value is -2.47. The number of β-amino-alcohol motifs (C(OH)–C–C–N with tert-alkyl or cyclic N) is 1. The number of piperidine rings is 1. The van der Waals surface area contributed by atoms with Crippen LogP contribution < -0.4 is 4.74 Å². The van der Waals surface area contributed by atoms with Gasteiger partial charge in [0.1, 0.15) is 24.3 Å². The molecule has 1 aromatic heterocycles. The van der Waals surface area contributed by atoms with Gasteiger partial charge in [0.15, 0.2) is 0 Å². The highest BCUT2D eigenvalue weighted by molar-refractivity contribution is 5.93. The van der Waals surface area contributed by atoms with Gasteiger partial charge in [0.2, 0.25) is 0 Å². The zero-order valence-corrected chi connectivity index (χ0v) is 14.6. The SMILES string of the molecule is Cc1ccc(OCC2(O)CCCN(C(=O)c3cncnc3)C2)cc1C. The van der Waals surface area contributed by atoms with Crippen molar-refractivity contribution in [2.75, 3.05) is 19.7 Å². The standard InChI is InChI=1S/C19H23N3O3/c1-14-4-5-17(8-15(14)2)25-12-19(24)6-3-7-22(11-19)18(23)16-9-20-13-21-10-16/h4-5,8-10,13,24H,3,6-7,11-12H2,1-2H3. The summed E-state index contributed by atoms with van der Waals surface area (Å²) in [7, 11) is 0. The van der Waals surface area contributed by atoms with Crippen LogP contribution in [0.15, 0.2) is 36.9 Å². The first kappa shape index (κ1) is 17.4. The van der Waals surface area contributed by atoms with Crippen molar-refractivity contribution in [2.45, 2.75) is 32.3 Å². The molecular formula is C19H23N3O3. The number of aryl methyl sites for hydroxylation is 2. The summed E-state index contributed by atoms with van der Waals surface area (Å²) in [5.41, 5.74) is 1.73. The molecule has 0 saturated carbocycles. The van der Waals surface area contributed by atoms with Crippen LogP contribution in [0.4, 0.5) is 0 Å². The highest BCUT2D eigenvalue weighted by Crippen LogP contribution is 2.25. The van der Waals surface area contributed by atoms with Crippen molar-refractivity contribution in [1.29, 1.82) is 0 Å². The van der Waals surface area contributed by atoms with Crippen LogP contribution in [0, 0.1) is 13.8 Å².